The van der Waals surface area contributed by atoms with Gasteiger partial charge in [-0.15, -0.1) is 0 Å². The van der Waals surface area contributed by atoms with E-state index in [2.05, 4.69) is 46.2 Å². The number of benzene rings is 2. The molecule has 2 aromatic carbocycles. The Balaban J connectivity index is 1.47. The van der Waals surface area contributed by atoms with Gasteiger partial charge in [0.15, 0.2) is 0 Å². The molecular weight excluding hydrogens is 334 g/mol. The minimum atomic E-state index is 0.602. The maximum Gasteiger partial charge on any atom is 0.241 e. The van der Waals surface area contributed by atoms with Gasteiger partial charge in [-0.2, -0.15) is 4.98 Å². The zero-order valence-corrected chi connectivity index (χ0v) is 14.9. The molecule has 0 amide bonds. The molecule has 4 nitrogen and oxygen atoms in total. The van der Waals surface area contributed by atoms with Gasteiger partial charge in [-0.05, 0) is 37.5 Å². The molecule has 0 saturated heterocycles. The molecule has 0 atom stereocenters. The van der Waals surface area contributed by atoms with E-state index < -0.39 is 0 Å². The molecule has 4 rings (SSSR count). The Bertz CT molecular complexity index is 838. The van der Waals surface area contributed by atoms with Crippen LogP contribution in [0.15, 0.2) is 53.1 Å². The fraction of sp³-hybridized carbons (Fsp3) is 0.300. The standard InChI is InChI=1S/C20H20ClN3O/c1-14-2-6-16(7-3-14)20-22-19(25-23-20)13-24(18-10-11-18)12-15-4-8-17(21)9-5-15/h2-9,18H,10-13H2,1H3. The minimum Gasteiger partial charge on any atom is -0.338 e. The van der Waals surface area contributed by atoms with Gasteiger partial charge in [-0.1, -0.05) is 58.7 Å². The van der Waals surface area contributed by atoms with Crippen molar-refractivity contribution in [1.82, 2.24) is 15.0 Å². The first kappa shape index (κ1) is 16.3. The number of rotatable bonds is 6. The highest BCUT2D eigenvalue weighted by molar-refractivity contribution is 6.30. The third-order valence-corrected chi connectivity index (χ3v) is 4.73. The van der Waals surface area contributed by atoms with Crippen LogP contribution < -0.4 is 0 Å². The topological polar surface area (TPSA) is 42.2 Å². The zero-order chi connectivity index (χ0) is 17.2. The lowest BCUT2D eigenvalue weighted by Gasteiger charge is -2.19. The van der Waals surface area contributed by atoms with Gasteiger partial charge in [0.1, 0.15) is 0 Å². The van der Waals surface area contributed by atoms with Gasteiger partial charge in [-0.3, -0.25) is 4.90 Å². The van der Waals surface area contributed by atoms with Crippen LogP contribution in [0.4, 0.5) is 0 Å². The average Bonchev–Trinajstić information content (AvgIpc) is 3.36. The average molecular weight is 354 g/mol. The molecule has 0 radical (unpaired) electrons. The van der Waals surface area contributed by atoms with E-state index in [9.17, 15) is 0 Å². The normalized spacial score (nSPS) is 14.2. The van der Waals surface area contributed by atoms with Crippen molar-refractivity contribution in [3.05, 3.63) is 70.6 Å². The molecule has 25 heavy (non-hydrogen) atoms. The Hall–Kier alpha value is -2.17. The Morgan fingerprint density at radius 1 is 1.04 bits per heavy atom. The van der Waals surface area contributed by atoms with Crippen molar-refractivity contribution in [3.8, 4) is 11.4 Å². The molecule has 1 heterocycles. The molecular formula is C20H20ClN3O. The number of nitrogens with zero attached hydrogens (tertiary/aromatic N) is 3. The van der Waals surface area contributed by atoms with Crippen molar-refractivity contribution >= 4 is 11.6 Å². The first-order chi connectivity index (χ1) is 12.2. The molecule has 1 fully saturated rings. The highest BCUT2D eigenvalue weighted by Crippen LogP contribution is 2.30. The highest BCUT2D eigenvalue weighted by atomic mass is 35.5. The first-order valence-electron chi connectivity index (χ1n) is 8.55. The minimum absolute atomic E-state index is 0.602. The number of aromatic nitrogens is 2. The summed E-state index contributed by atoms with van der Waals surface area (Å²) >= 11 is 5.98. The van der Waals surface area contributed by atoms with E-state index in [1.165, 1.54) is 24.0 Å². The lowest BCUT2D eigenvalue weighted by atomic mass is 10.1. The van der Waals surface area contributed by atoms with Gasteiger partial charge in [0, 0.05) is 23.2 Å². The summed E-state index contributed by atoms with van der Waals surface area (Å²) in [5.41, 5.74) is 3.45. The quantitative estimate of drug-likeness (QED) is 0.634. The molecule has 0 spiro atoms. The number of aryl methyl sites for hydroxylation is 1. The maximum atomic E-state index is 5.98. The summed E-state index contributed by atoms with van der Waals surface area (Å²) in [4.78, 5) is 6.97. The van der Waals surface area contributed by atoms with Crippen LogP contribution in [0.5, 0.6) is 0 Å². The summed E-state index contributed by atoms with van der Waals surface area (Å²) in [6.45, 7) is 3.60. The molecule has 0 bridgehead atoms. The number of halogens is 1. The maximum absolute atomic E-state index is 5.98. The summed E-state index contributed by atoms with van der Waals surface area (Å²) < 4.78 is 5.49. The summed E-state index contributed by atoms with van der Waals surface area (Å²) in [6, 6.07) is 16.8. The van der Waals surface area contributed by atoms with Crippen molar-refractivity contribution in [2.45, 2.75) is 38.9 Å². The number of hydrogen-bond donors (Lipinski definition) is 0. The SMILES string of the molecule is Cc1ccc(-c2noc(CN(Cc3ccc(Cl)cc3)C3CC3)n2)cc1. The Morgan fingerprint density at radius 2 is 1.76 bits per heavy atom. The van der Waals surface area contributed by atoms with Crippen LogP contribution in [0.2, 0.25) is 5.02 Å². The monoisotopic (exact) mass is 353 g/mol. The van der Waals surface area contributed by atoms with Gasteiger partial charge < -0.3 is 4.52 Å². The van der Waals surface area contributed by atoms with Gasteiger partial charge in [0.05, 0.1) is 6.54 Å². The first-order valence-corrected chi connectivity index (χ1v) is 8.93. The zero-order valence-electron chi connectivity index (χ0n) is 14.2. The smallest absolute Gasteiger partial charge is 0.241 e. The van der Waals surface area contributed by atoms with Crippen LogP contribution in [-0.2, 0) is 13.1 Å². The summed E-state index contributed by atoms with van der Waals surface area (Å²) in [5, 5.41) is 4.90. The van der Waals surface area contributed by atoms with Crippen LogP contribution in [-0.4, -0.2) is 21.1 Å². The molecule has 0 aliphatic heterocycles. The third-order valence-electron chi connectivity index (χ3n) is 4.48. The summed E-state index contributed by atoms with van der Waals surface area (Å²) in [7, 11) is 0. The van der Waals surface area contributed by atoms with Crippen LogP contribution in [0, 0.1) is 6.92 Å². The fourth-order valence-corrected chi connectivity index (χ4v) is 3.02. The lowest BCUT2D eigenvalue weighted by Crippen LogP contribution is -2.25. The Morgan fingerprint density at radius 3 is 2.44 bits per heavy atom. The van der Waals surface area contributed by atoms with Crippen LogP contribution in [0.1, 0.15) is 29.9 Å². The van der Waals surface area contributed by atoms with Gasteiger partial charge in [-0.25, -0.2) is 0 Å². The van der Waals surface area contributed by atoms with E-state index in [4.69, 9.17) is 16.1 Å². The van der Waals surface area contributed by atoms with Crippen LogP contribution >= 0.6 is 11.6 Å². The molecule has 128 valence electrons. The second-order valence-corrected chi connectivity index (χ2v) is 7.08. The molecule has 1 saturated carbocycles. The summed E-state index contributed by atoms with van der Waals surface area (Å²) in [6.07, 6.45) is 2.46. The fourth-order valence-electron chi connectivity index (χ4n) is 2.89. The van der Waals surface area contributed by atoms with E-state index >= 15 is 0 Å². The predicted molar refractivity (Wildman–Crippen MR) is 98.2 cm³/mol. The molecule has 0 unspecified atom stereocenters. The van der Waals surface area contributed by atoms with E-state index in [0.717, 1.165) is 17.1 Å². The van der Waals surface area contributed by atoms with Crippen molar-refractivity contribution in [2.24, 2.45) is 0 Å². The van der Waals surface area contributed by atoms with Crippen LogP contribution in [0.3, 0.4) is 0 Å². The second-order valence-electron chi connectivity index (χ2n) is 6.64. The van der Waals surface area contributed by atoms with Gasteiger partial charge in [0.25, 0.3) is 0 Å². The largest absolute Gasteiger partial charge is 0.338 e. The predicted octanol–water partition coefficient (Wildman–Crippen LogP) is 4.86. The summed E-state index contributed by atoms with van der Waals surface area (Å²) in [5.74, 6) is 1.31. The van der Waals surface area contributed by atoms with Gasteiger partial charge >= 0.3 is 0 Å². The third kappa shape index (κ3) is 4.09. The Labute approximate surface area is 152 Å². The van der Waals surface area contributed by atoms with E-state index in [-0.39, 0.29) is 0 Å². The van der Waals surface area contributed by atoms with Crippen molar-refractivity contribution in [2.75, 3.05) is 0 Å². The molecule has 5 heteroatoms. The van der Waals surface area contributed by atoms with E-state index in [1.807, 2.05) is 24.3 Å². The molecule has 1 aromatic heterocycles. The van der Waals surface area contributed by atoms with E-state index in [1.54, 1.807) is 0 Å². The molecule has 1 aliphatic rings. The van der Waals surface area contributed by atoms with Crippen LogP contribution in [0.25, 0.3) is 11.4 Å². The lowest BCUT2D eigenvalue weighted by molar-refractivity contribution is 0.209. The van der Waals surface area contributed by atoms with Crippen molar-refractivity contribution in [1.29, 1.82) is 0 Å². The van der Waals surface area contributed by atoms with Crippen molar-refractivity contribution in [3.63, 3.8) is 0 Å². The van der Waals surface area contributed by atoms with Gasteiger partial charge in [0.2, 0.25) is 11.7 Å². The Kier molecular flexibility index (Phi) is 4.55. The molecule has 3 aromatic rings. The van der Waals surface area contributed by atoms with E-state index in [0.29, 0.717) is 24.3 Å². The second kappa shape index (κ2) is 6.98. The highest BCUT2D eigenvalue weighted by Gasteiger charge is 2.30. The number of hydrogen-bond acceptors (Lipinski definition) is 4. The molecule has 1 aliphatic carbocycles. The van der Waals surface area contributed by atoms with Crippen molar-refractivity contribution < 1.29 is 4.52 Å². The molecule has 0 N–H and O–H groups in total.